The first-order valence-corrected chi connectivity index (χ1v) is 40.0. The largest absolute Gasteiger partial charge is 0.476 e. The number of phosphoric ester groups is 2. The summed E-state index contributed by atoms with van der Waals surface area (Å²) in [6.45, 7) is 28.7. The second kappa shape index (κ2) is 29.0. The van der Waals surface area contributed by atoms with Gasteiger partial charge in [0.15, 0.2) is 29.8 Å². The van der Waals surface area contributed by atoms with Crippen LogP contribution in [0.25, 0.3) is 22.2 Å². The van der Waals surface area contributed by atoms with Crippen molar-refractivity contribution < 1.29 is 74.3 Å². The molecule has 4 aliphatic heterocycles. The Bertz CT molecular complexity index is 3150. The molecule has 8 heterocycles. The number of amides is 2. The topological polar surface area (TPSA) is 307 Å². The molecule has 8 rings (SSSR count). The maximum Gasteiger partial charge on any atom is 0.476 e. The van der Waals surface area contributed by atoms with E-state index >= 15 is 8.96 Å². The highest BCUT2D eigenvalue weighted by molar-refractivity contribution is 7.48. The fraction of sp³-hybridized carbons (Fsp3) is 0.759. The molecule has 0 aliphatic carbocycles. The maximum atomic E-state index is 17.7. The van der Waals surface area contributed by atoms with E-state index in [1.165, 1.54) is 32.7 Å². The predicted octanol–water partition coefficient (Wildman–Crippen LogP) is 6.95. The minimum absolute atomic E-state index is 0.00252. The molecule has 4 aromatic heterocycles. The number of rotatable bonds is 25. The van der Waals surface area contributed by atoms with Gasteiger partial charge in [-0.05, 0) is 69.4 Å². The summed E-state index contributed by atoms with van der Waals surface area (Å²) in [5.74, 6) is 0.0605. The number of aromatic nitrogens is 7. The molecule has 12 atom stereocenters. The lowest BCUT2D eigenvalue weighted by Gasteiger charge is -2.38. The molecular formula is C54H91FN12O16P2Si2. The fourth-order valence-electron chi connectivity index (χ4n) is 10.6. The van der Waals surface area contributed by atoms with Crippen LogP contribution in [0.4, 0.5) is 15.0 Å². The van der Waals surface area contributed by atoms with Crippen molar-refractivity contribution in [3.8, 4) is 0 Å². The molecule has 0 aromatic carbocycles. The lowest BCUT2D eigenvalue weighted by atomic mass is 10.1. The number of nitrogens with zero attached hydrogens (tertiary/aromatic N) is 9. The Kier molecular flexibility index (Phi) is 22.9. The Labute approximate surface area is 509 Å². The van der Waals surface area contributed by atoms with Crippen molar-refractivity contribution in [2.24, 2.45) is 0 Å². The first kappa shape index (κ1) is 68.8. The standard InChI is InChI=1S/C54H91FN12O16P2Si2/c1-14-63(15-2)35(4)19-21-64(16-3)36(5)81-85(73)78-29-39-45(76-34-87(12,13)54(6,7)8)46(82-84(71,72)77-28-38-44(83-85)42(55)51(79-38)66-27-37-18-17-20-56-47-41(37)48(66)59-30-58-47)52(80-39)67-32-60-43-49(67)61-31-65(50(43)69)22-23-74-33-62-40(68)26-57-53(70)75-24-25-86(9,10)11/h27,30-32,35-36,38-39,42,44-46,51-52H,14-26,28-29,33-34H2,1-13H3,(H,57,70)(H,62,68)(H,71,72)(H,56,58,59)/t35?,36?,38-,39-,42-,44-,45-,46-,51-,52-,85?/m1/s1. The molecule has 87 heavy (non-hydrogen) atoms. The van der Waals surface area contributed by atoms with Crippen molar-refractivity contribution in [3.63, 3.8) is 0 Å². The number of ether oxygens (including phenoxy) is 5. The lowest BCUT2D eigenvalue weighted by molar-refractivity contribution is -0.122. The summed E-state index contributed by atoms with van der Waals surface area (Å²) in [4.78, 5) is 72.6. The third-order valence-electron chi connectivity index (χ3n) is 17.0. The highest BCUT2D eigenvalue weighted by Gasteiger charge is 2.57. The summed E-state index contributed by atoms with van der Waals surface area (Å²) in [6, 6.07) is 0.994. The number of fused-ring (bicyclic) bond motifs is 4. The number of aryl methyl sites for hydroxylation is 1. The number of anilines is 1. The highest BCUT2D eigenvalue weighted by atomic mass is 31.2. The number of phosphoric acid groups is 2. The molecule has 2 bridgehead atoms. The molecule has 0 spiro atoms. The molecule has 0 saturated carbocycles. The quantitative estimate of drug-likeness (QED) is 0.0226. The number of hydrogen-bond acceptors (Lipinski definition) is 22. The smallest absolute Gasteiger partial charge is 0.450 e. The number of carbonyl (C=O) groups is 2. The summed E-state index contributed by atoms with van der Waals surface area (Å²) >= 11 is 0. The minimum Gasteiger partial charge on any atom is -0.450 e. The molecule has 28 nitrogen and oxygen atoms in total. The van der Waals surface area contributed by atoms with Gasteiger partial charge in [0.1, 0.15) is 74.1 Å². The maximum absolute atomic E-state index is 17.7. The van der Waals surface area contributed by atoms with Crippen LogP contribution in [0.5, 0.6) is 0 Å². The number of nitrogens with one attached hydrogen (secondary N) is 3. The number of alkyl halides is 1. The second-order valence-corrected chi connectivity index (χ2v) is 39.5. The van der Waals surface area contributed by atoms with E-state index < -0.39 is 118 Å². The third-order valence-corrected chi connectivity index (χ3v) is 26.2. The van der Waals surface area contributed by atoms with E-state index in [-0.39, 0.29) is 61.5 Å². The Morgan fingerprint density at radius 2 is 1.63 bits per heavy atom. The number of carbonyl (C=O) groups excluding carboxylic acids is 2. The Morgan fingerprint density at radius 3 is 2.34 bits per heavy atom. The van der Waals surface area contributed by atoms with Crippen molar-refractivity contribution in [2.75, 3.05) is 84.0 Å². The molecule has 488 valence electrons. The SMILES string of the molecule is CCN(CC)C(C)CCN(CC)C(C)OP1(=O)OC[C@H]2O[C@@H](n3cnc4c(=O)n(CCOCNC(=O)CNC(=O)OCC[Si](C)(C)C)cnc43)[C@H](OP(=O)(O)OC[C@H]3O[C@@H](n4cc5c6c(ncnc64)NCCC5)[C@H](F)[C@@H]3O1)[C@@H]2OC[Si](C)(C)C(C)(C)C. The fourth-order valence-corrected chi connectivity index (χ4v) is 14.8. The van der Waals surface area contributed by atoms with Crippen molar-refractivity contribution in [2.45, 2.75) is 186 Å². The van der Waals surface area contributed by atoms with Crippen molar-refractivity contribution in [1.29, 1.82) is 0 Å². The van der Waals surface area contributed by atoms with Crippen LogP contribution in [0, 0.1) is 0 Å². The van der Waals surface area contributed by atoms with Crippen LogP contribution >= 0.6 is 15.6 Å². The van der Waals surface area contributed by atoms with Crippen molar-refractivity contribution in [1.82, 2.24) is 54.1 Å². The van der Waals surface area contributed by atoms with Gasteiger partial charge in [0.05, 0.1) is 52.8 Å². The van der Waals surface area contributed by atoms with Crippen LogP contribution < -0.4 is 21.5 Å². The summed E-state index contributed by atoms with van der Waals surface area (Å²) in [5.41, 5.74) is 0.513. The molecule has 4 aromatic rings. The predicted molar refractivity (Wildman–Crippen MR) is 326 cm³/mol. The van der Waals surface area contributed by atoms with Gasteiger partial charge in [0, 0.05) is 39.6 Å². The minimum atomic E-state index is -5.27. The number of alkyl carbamates (subject to hydrolysis) is 1. The van der Waals surface area contributed by atoms with Crippen LogP contribution in [0.3, 0.4) is 0 Å². The van der Waals surface area contributed by atoms with Gasteiger partial charge < -0.3 is 54.0 Å². The Balaban J connectivity index is 1.08. The van der Waals surface area contributed by atoms with Gasteiger partial charge in [-0.3, -0.25) is 46.2 Å². The van der Waals surface area contributed by atoms with Crippen LogP contribution in [0.2, 0.25) is 43.8 Å². The molecular weight excluding hydrogens is 1210 g/mol. The summed E-state index contributed by atoms with van der Waals surface area (Å²) in [6.07, 6.45) is -6.12. The first-order valence-electron chi connectivity index (χ1n) is 30.1. The molecule has 4 unspecified atom stereocenters. The van der Waals surface area contributed by atoms with E-state index in [9.17, 15) is 23.8 Å². The highest BCUT2D eigenvalue weighted by Crippen LogP contribution is 2.58. The molecule has 3 saturated heterocycles. The average Bonchev–Trinajstić information content (AvgIpc) is 1.63. The van der Waals surface area contributed by atoms with Gasteiger partial charge in [-0.2, -0.15) is 0 Å². The number of hydrogen-bond donors (Lipinski definition) is 4. The van der Waals surface area contributed by atoms with Crippen molar-refractivity contribution >= 4 is 71.8 Å². The Morgan fingerprint density at radius 1 is 0.908 bits per heavy atom. The summed E-state index contributed by atoms with van der Waals surface area (Å²) in [7, 11) is -14.0. The van der Waals surface area contributed by atoms with Crippen LogP contribution in [-0.4, -0.2) is 204 Å². The monoisotopic (exact) mass is 1300 g/mol. The number of halogens is 1. The zero-order valence-electron chi connectivity index (χ0n) is 52.5. The molecule has 3 fully saturated rings. The van der Waals surface area contributed by atoms with E-state index in [2.05, 4.69) is 115 Å². The molecule has 33 heteroatoms. The van der Waals surface area contributed by atoms with E-state index in [0.29, 0.717) is 42.9 Å². The van der Waals surface area contributed by atoms with Gasteiger partial charge in [-0.25, -0.2) is 38.3 Å². The van der Waals surface area contributed by atoms with Gasteiger partial charge in [0.25, 0.3) is 5.56 Å². The normalized spacial score (nSPS) is 27.3. The molecule has 0 radical (unpaired) electrons. The third kappa shape index (κ3) is 16.9. The van der Waals surface area contributed by atoms with Gasteiger partial charge in [0.2, 0.25) is 5.91 Å². The zero-order valence-corrected chi connectivity index (χ0v) is 56.3. The Hall–Kier alpha value is -4.15. The van der Waals surface area contributed by atoms with E-state index in [1.807, 2.05) is 11.8 Å². The van der Waals surface area contributed by atoms with Crippen LogP contribution in [0.15, 0.2) is 30.0 Å². The van der Waals surface area contributed by atoms with Crippen LogP contribution in [-0.2, 0) is 73.2 Å². The average molecular weight is 1300 g/mol. The van der Waals surface area contributed by atoms with Gasteiger partial charge in [-0.1, -0.05) is 74.3 Å². The lowest BCUT2D eigenvalue weighted by Crippen LogP contribution is -2.47. The number of imidazole rings is 1. The van der Waals surface area contributed by atoms with E-state index in [1.54, 1.807) is 13.1 Å². The zero-order chi connectivity index (χ0) is 63.2. The second-order valence-electron chi connectivity index (χ2n) is 25.4. The van der Waals surface area contributed by atoms with Gasteiger partial charge in [-0.15, -0.1) is 0 Å². The van der Waals surface area contributed by atoms with E-state index in [0.717, 1.165) is 37.5 Å². The first-order chi connectivity index (χ1) is 41.1. The summed E-state index contributed by atoms with van der Waals surface area (Å²) in [5, 5.41) is 8.73. The van der Waals surface area contributed by atoms with Crippen LogP contribution in [0.1, 0.15) is 86.3 Å². The molecule has 2 amide bonds. The molecule has 4 aliphatic rings. The molecule has 4 N–H and O–H groups in total. The van der Waals surface area contributed by atoms with E-state index in [4.69, 9.17) is 46.3 Å². The van der Waals surface area contributed by atoms with Gasteiger partial charge >= 0.3 is 21.7 Å². The summed E-state index contributed by atoms with van der Waals surface area (Å²) < 4.78 is 114. The van der Waals surface area contributed by atoms with Crippen molar-refractivity contribution in [3.05, 3.63) is 41.1 Å².